The summed E-state index contributed by atoms with van der Waals surface area (Å²) in [6.07, 6.45) is 0. The van der Waals surface area contributed by atoms with Crippen LogP contribution in [0.1, 0.15) is 10.4 Å². The Morgan fingerprint density at radius 1 is 1.05 bits per heavy atom. The molecule has 0 aliphatic rings. The molecule has 0 spiro atoms. The van der Waals surface area contributed by atoms with Crippen LogP contribution in [0.25, 0.3) is 22.3 Å². The van der Waals surface area contributed by atoms with Crippen LogP contribution in [0.3, 0.4) is 0 Å². The van der Waals surface area contributed by atoms with Gasteiger partial charge in [-0.05, 0) is 12.1 Å². The van der Waals surface area contributed by atoms with Crippen molar-refractivity contribution in [2.75, 3.05) is 0 Å². The standard InChI is InChI=1S/C15H10O4/c16-12-8-14-10(6-11(12)15(17)18)7-13(19-14)9-4-2-1-3-5-9/h1-8,16H,(H,17,18). The van der Waals surface area contributed by atoms with Crippen molar-refractivity contribution in [2.24, 2.45) is 0 Å². The molecule has 1 heterocycles. The normalized spacial score (nSPS) is 10.7. The number of rotatable bonds is 2. The highest BCUT2D eigenvalue weighted by Gasteiger charge is 2.14. The Kier molecular flexibility index (Phi) is 2.49. The van der Waals surface area contributed by atoms with E-state index >= 15 is 0 Å². The zero-order valence-corrected chi connectivity index (χ0v) is 9.83. The van der Waals surface area contributed by atoms with Crippen molar-refractivity contribution in [1.29, 1.82) is 0 Å². The number of carboxylic acids is 1. The molecule has 0 atom stereocenters. The summed E-state index contributed by atoms with van der Waals surface area (Å²) in [7, 11) is 0. The van der Waals surface area contributed by atoms with E-state index in [4.69, 9.17) is 9.52 Å². The van der Waals surface area contributed by atoms with Gasteiger partial charge in [-0.3, -0.25) is 0 Å². The monoisotopic (exact) mass is 254 g/mol. The summed E-state index contributed by atoms with van der Waals surface area (Å²) in [6, 6.07) is 14.0. The summed E-state index contributed by atoms with van der Waals surface area (Å²) >= 11 is 0. The van der Waals surface area contributed by atoms with Crippen LogP contribution in [0.15, 0.2) is 52.9 Å². The maximum atomic E-state index is 11.0. The molecule has 4 nitrogen and oxygen atoms in total. The van der Waals surface area contributed by atoms with Crippen molar-refractivity contribution < 1.29 is 19.4 Å². The van der Waals surface area contributed by atoms with Gasteiger partial charge < -0.3 is 14.6 Å². The van der Waals surface area contributed by atoms with Gasteiger partial charge in [0, 0.05) is 17.0 Å². The van der Waals surface area contributed by atoms with E-state index in [1.54, 1.807) is 6.07 Å². The van der Waals surface area contributed by atoms with Crippen LogP contribution >= 0.6 is 0 Å². The average molecular weight is 254 g/mol. The Balaban J connectivity index is 2.19. The summed E-state index contributed by atoms with van der Waals surface area (Å²) in [5.74, 6) is -0.826. The summed E-state index contributed by atoms with van der Waals surface area (Å²) in [5, 5.41) is 19.2. The van der Waals surface area contributed by atoms with Gasteiger partial charge in [0.15, 0.2) is 0 Å². The van der Waals surface area contributed by atoms with Crippen LogP contribution in [0.2, 0.25) is 0 Å². The molecule has 4 heteroatoms. The molecular formula is C15H10O4. The van der Waals surface area contributed by atoms with Crippen molar-refractivity contribution in [3.05, 3.63) is 54.1 Å². The Bertz CT molecular complexity index is 756. The van der Waals surface area contributed by atoms with Gasteiger partial charge in [0.05, 0.1) is 0 Å². The third-order valence-corrected chi connectivity index (χ3v) is 2.92. The van der Waals surface area contributed by atoms with E-state index in [9.17, 15) is 9.90 Å². The number of furan rings is 1. The second kappa shape index (κ2) is 4.17. The number of hydrogen-bond donors (Lipinski definition) is 2. The number of phenols is 1. The molecule has 0 saturated carbocycles. The molecule has 0 aliphatic carbocycles. The number of aromatic hydroxyl groups is 1. The van der Waals surface area contributed by atoms with Crippen molar-refractivity contribution in [2.45, 2.75) is 0 Å². The largest absolute Gasteiger partial charge is 0.507 e. The van der Waals surface area contributed by atoms with Crippen LogP contribution < -0.4 is 0 Å². The van der Waals surface area contributed by atoms with Crippen molar-refractivity contribution >= 4 is 16.9 Å². The van der Waals surface area contributed by atoms with E-state index in [1.807, 2.05) is 30.3 Å². The second-order valence-corrected chi connectivity index (χ2v) is 4.19. The van der Waals surface area contributed by atoms with E-state index in [2.05, 4.69) is 0 Å². The number of benzene rings is 2. The van der Waals surface area contributed by atoms with E-state index in [0.717, 1.165) is 5.56 Å². The minimum Gasteiger partial charge on any atom is -0.507 e. The third kappa shape index (κ3) is 1.93. The number of carboxylic acid groups (broad SMARTS) is 1. The Labute approximate surface area is 108 Å². The molecule has 0 unspecified atom stereocenters. The number of aromatic carboxylic acids is 1. The highest BCUT2D eigenvalue weighted by Crippen LogP contribution is 2.31. The highest BCUT2D eigenvalue weighted by molar-refractivity contribution is 5.97. The summed E-state index contributed by atoms with van der Waals surface area (Å²) in [6.45, 7) is 0. The minimum absolute atomic E-state index is 0.132. The van der Waals surface area contributed by atoms with Gasteiger partial charge in [-0.1, -0.05) is 30.3 Å². The summed E-state index contributed by atoms with van der Waals surface area (Å²) in [4.78, 5) is 11.0. The van der Waals surface area contributed by atoms with E-state index < -0.39 is 5.97 Å². The predicted molar refractivity (Wildman–Crippen MR) is 70.3 cm³/mol. The van der Waals surface area contributed by atoms with Crippen LogP contribution in [0.5, 0.6) is 5.75 Å². The molecule has 0 fully saturated rings. The van der Waals surface area contributed by atoms with Gasteiger partial charge in [0.2, 0.25) is 0 Å². The highest BCUT2D eigenvalue weighted by atomic mass is 16.4. The van der Waals surface area contributed by atoms with E-state index in [0.29, 0.717) is 16.7 Å². The molecule has 0 radical (unpaired) electrons. The molecule has 0 bridgehead atoms. The smallest absolute Gasteiger partial charge is 0.339 e. The fourth-order valence-electron chi connectivity index (χ4n) is 1.99. The van der Waals surface area contributed by atoms with Gasteiger partial charge in [-0.2, -0.15) is 0 Å². The number of hydrogen-bond acceptors (Lipinski definition) is 3. The molecule has 19 heavy (non-hydrogen) atoms. The summed E-state index contributed by atoms with van der Waals surface area (Å²) in [5.41, 5.74) is 1.23. The Hall–Kier alpha value is -2.75. The first-order valence-electron chi connectivity index (χ1n) is 5.70. The topological polar surface area (TPSA) is 70.7 Å². The lowest BCUT2D eigenvalue weighted by atomic mass is 10.1. The first-order valence-corrected chi connectivity index (χ1v) is 5.70. The molecule has 2 aromatic carbocycles. The predicted octanol–water partition coefficient (Wildman–Crippen LogP) is 3.50. The second-order valence-electron chi connectivity index (χ2n) is 4.19. The van der Waals surface area contributed by atoms with Crippen LogP contribution in [-0.2, 0) is 0 Å². The van der Waals surface area contributed by atoms with Crippen molar-refractivity contribution in [3.8, 4) is 17.1 Å². The Morgan fingerprint density at radius 3 is 2.47 bits per heavy atom. The molecular weight excluding hydrogens is 244 g/mol. The fraction of sp³-hybridized carbons (Fsp3) is 0. The lowest BCUT2D eigenvalue weighted by molar-refractivity contribution is 0.0694. The van der Waals surface area contributed by atoms with Gasteiger partial charge in [-0.15, -0.1) is 0 Å². The molecule has 0 saturated heterocycles. The molecule has 1 aromatic heterocycles. The van der Waals surface area contributed by atoms with Crippen molar-refractivity contribution in [1.82, 2.24) is 0 Å². The van der Waals surface area contributed by atoms with E-state index in [-0.39, 0.29) is 11.3 Å². The molecule has 0 aliphatic heterocycles. The zero-order chi connectivity index (χ0) is 13.4. The van der Waals surface area contributed by atoms with Crippen LogP contribution in [-0.4, -0.2) is 16.2 Å². The number of fused-ring (bicyclic) bond motifs is 1. The first-order chi connectivity index (χ1) is 9.15. The summed E-state index contributed by atoms with van der Waals surface area (Å²) < 4.78 is 5.62. The molecule has 3 aromatic rings. The molecule has 94 valence electrons. The van der Waals surface area contributed by atoms with Gasteiger partial charge in [0.25, 0.3) is 0 Å². The van der Waals surface area contributed by atoms with Gasteiger partial charge in [0.1, 0.15) is 22.7 Å². The molecule has 0 amide bonds. The SMILES string of the molecule is O=C(O)c1cc2cc(-c3ccccc3)oc2cc1O. The van der Waals surface area contributed by atoms with Crippen molar-refractivity contribution in [3.63, 3.8) is 0 Å². The van der Waals surface area contributed by atoms with Gasteiger partial charge in [-0.25, -0.2) is 4.79 Å². The number of carbonyl (C=O) groups is 1. The average Bonchev–Trinajstić information content (AvgIpc) is 2.81. The van der Waals surface area contributed by atoms with Crippen LogP contribution in [0.4, 0.5) is 0 Å². The zero-order valence-electron chi connectivity index (χ0n) is 9.83. The van der Waals surface area contributed by atoms with E-state index in [1.165, 1.54) is 12.1 Å². The van der Waals surface area contributed by atoms with Gasteiger partial charge >= 0.3 is 5.97 Å². The Morgan fingerprint density at radius 2 is 1.79 bits per heavy atom. The lowest BCUT2D eigenvalue weighted by Crippen LogP contribution is -1.95. The first kappa shape index (κ1) is 11.3. The quantitative estimate of drug-likeness (QED) is 0.734. The third-order valence-electron chi connectivity index (χ3n) is 2.92. The minimum atomic E-state index is -1.16. The lowest BCUT2D eigenvalue weighted by Gasteiger charge is -1.98. The molecule has 2 N–H and O–H groups in total. The fourth-order valence-corrected chi connectivity index (χ4v) is 1.99. The van der Waals surface area contributed by atoms with Crippen LogP contribution in [0, 0.1) is 0 Å². The molecule has 3 rings (SSSR count). The maximum absolute atomic E-state index is 11.0. The maximum Gasteiger partial charge on any atom is 0.339 e.